The van der Waals surface area contributed by atoms with E-state index in [2.05, 4.69) is 0 Å². The Balaban J connectivity index is 3.89. The lowest BCUT2D eigenvalue weighted by Gasteiger charge is -1.94. The van der Waals surface area contributed by atoms with Gasteiger partial charge in [-0.3, -0.25) is 4.98 Å². The van der Waals surface area contributed by atoms with Crippen molar-refractivity contribution in [1.29, 1.82) is 0 Å². The van der Waals surface area contributed by atoms with Crippen molar-refractivity contribution in [2.75, 3.05) is 0 Å². The maximum Gasteiger partial charge on any atom is 0.351 e. The number of aromatic amines is 1. The minimum Gasteiger partial charge on any atom is -0.258 e. The Bertz CT molecular complexity index is 402. The first-order valence-corrected chi connectivity index (χ1v) is 2.96. The molecule has 6 nitrogen and oxygen atoms in total. The molecule has 1 rings (SSSR count). The second kappa shape index (κ2) is 2.39. The molecular formula is C4H4ClN3O3. The minimum atomic E-state index is -0.931. The molecule has 1 heterocycles. The zero-order valence-electron chi connectivity index (χ0n) is 5.50. The number of rotatable bonds is 0. The first-order valence-electron chi connectivity index (χ1n) is 2.62. The molecule has 1 aromatic heterocycles. The average Bonchev–Trinajstić information content (AvgIpc) is 1.97. The fraction of sp³-hybridized carbons (Fsp3) is 0.250. The Morgan fingerprint density at radius 1 is 1.27 bits per heavy atom. The van der Waals surface area contributed by atoms with E-state index in [0.29, 0.717) is 8.65 Å². The molecule has 60 valence electrons. The highest BCUT2D eigenvalue weighted by atomic mass is 35.5. The van der Waals surface area contributed by atoms with Gasteiger partial charge in [0.2, 0.25) is 0 Å². The normalized spacial score (nSPS) is 10.0. The molecule has 0 aromatic carbocycles. The van der Waals surface area contributed by atoms with Crippen LogP contribution in [0.5, 0.6) is 0 Å². The smallest absolute Gasteiger partial charge is 0.258 e. The maximum atomic E-state index is 10.8. The molecule has 0 saturated carbocycles. The second-order valence-electron chi connectivity index (χ2n) is 1.86. The summed E-state index contributed by atoms with van der Waals surface area (Å²) in [5.74, 6) is 0. The van der Waals surface area contributed by atoms with Crippen LogP contribution in [0.15, 0.2) is 14.4 Å². The van der Waals surface area contributed by atoms with Crippen LogP contribution in [-0.4, -0.2) is 13.6 Å². The number of nitrogens with zero attached hydrogens (tertiary/aromatic N) is 2. The van der Waals surface area contributed by atoms with Crippen LogP contribution >= 0.6 is 11.8 Å². The van der Waals surface area contributed by atoms with Gasteiger partial charge in [-0.2, -0.15) is 4.09 Å². The highest BCUT2D eigenvalue weighted by Crippen LogP contribution is 1.65. The summed E-state index contributed by atoms with van der Waals surface area (Å²) < 4.78 is 0.982. The summed E-state index contributed by atoms with van der Waals surface area (Å²) in [5.41, 5.74) is -2.57. The van der Waals surface area contributed by atoms with Gasteiger partial charge in [0.1, 0.15) is 0 Å². The van der Waals surface area contributed by atoms with Gasteiger partial charge in [-0.25, -0.2) is 19.0 Å². The van der Waals surface area contributed by atoms with Crippen molar-refractivity contribution in [1.82, 2.24) is 13.6 Å². The summed E-state index contributed by atoms with van der Waals surface area (Å²) in [4.78, 5) is 33.8. The first kappa shape index (κ1) is 7.80. The van der Waals surface area contributed by atoms with Crippen LogP contribution in [0.1, 0.15) is 0 Å². The van der Waals surface area contributed by atoms with E-state index in [1.165, 1.54) is 7.05 Å². The molecule has 11 heavy (non-hydrogen) atoms. The van der Waals surface area contributed by atoms with E-state index in [4.69, 9.17) is 11.8 Å². The van der Waals surface area contributed by atoms with E-state index in [-0.39, 0.29) is 0 Å². The number of hydrogen-bond donors (Lipinski definition) is 1. The van der Waals surface area contributed by atoms with E-state index in [0.717, 1.165) is 0 Å². The Kier molecular flexibility index (Phi) is 1.69. The summed E-state index contributed by atoms with van der Waals surface area (Å²) in [6, 6.07) is 0. The topological polar surface area (TPSA) is 76.9 Å². The Hall–Kier alpha value is -1.30. The molecule has 0 atom stereocenters. The lowest BCUT2D eigenvalue weighted by molar-refractivity contribution is 0.688. The second-order valence-corrected chi connectivity index (χ2v) is 2.20. The zero-order chi connectivity index (χ0) is 8.59. The largest absolute Gasteiger partial charge is 0.351 e. The van der Waals surface area contributed by atoms with Crippen LogP contribution in [0.25, 0.3) is 0 Å². The fourth-order valence-corrected chi connectivity index (χ4v) is 0.685. The predicted molar refractivity (Wildman–Crippen MR) is 37.8 cm³/mol. The van der Waals surface area contributed by atoms with Crippen LogP contribution < -0.4 is 17.1 Å². The van der Waals surface area contributed by atoms with Crippen LogP contribution in [0.3, 0.4) is 0 Å². The van der Waals surface area contributed by atoms with Crippen molar-refractivity contribution in [2.24, 2.45) is 7.05 Å². The van der Waals surface area contributed by atoms with Crippen LogP contribution in [0.4, 0.5) is 0 Å². The lowest BCUT2D eigenvalue weighted by Crippen LogP contribution is -2.45. The molecule has 0 fully saturated rings. The van der Waals surface area contributed by atoms with E-state index < -0.39 is 17.1 Å². The summed E-state index contributed by atoms with van der Waals surface area (Å²) in [6.07, 6.45) is 0. The quantitative estimate of drug-likeness (QED) is 0.510. The van der Waals surface area contributed by atoms with E-state index in [9.17, 15) is 14.4 Å². The highest BCUT2D eigenvalue weighted by molar-refractivity contribution is 6.14. The van der Waals surface area contributed by atoms with Crippen LogP contribution in [-0.2, 0) is 7.05 Å². The number of hydrogen-bond acceptors (Lipinski definition) is 3. The molecule has 0 aliphatic heterocycles. The van der Waals surface area contributed by atoms with Gasteiger partial charge in [-0.1, -0.05) is 0 Å². The molecule has 1 N–H and O–H groups in total. The van der Waals surface area contributed by atoms with Gasteiger partial charge in [-0.05, 0) is 0 Å². The van der Waals surface area contributed by atoms with Crippen molar-refractivity contribution in [3.05, 3.63) is 31.5 Å². The maximum absolute atomic E-state index is 10.8. The highest BCUT2D eigenvalue weighted by Gasteiger charge is 2.02. The number of H-pyrrole nitrogens is 1. The van der Waals surface area contributed by atoms with Crippen LogP contribution in [0.2, 0.25) is 0 Å². The van der Waals surface area contributed by atoms with Crippen molar-refractivity contribution in [3.63, 3.8) is 0 Å². The van der Waals surface area contributed by atoms with Crippen molar-refractivity contribution < 1.29 is 0 Å². The molecule has 7 heteroatoms. The minimum absolute atomic E-state index is 0.293. The van der Waals surface area contributed by atoms with Gasteiger partial charge < -0.3 is 0 Å². The predicted octanol–water partition coefficient (Wildman–Crippen LogP) is -1.76. The molecule has 0 radical (unpaired) electrons. The Labute approximate surface area is 64.8 Å². The first-order chi connectivity index (χ1) is 5.04. The van der Waals surface area contributed by atoms with Crippen molar-refractivity contribution in [2.45, 2.75) is 0 Å². The molecule has 0 amide bonds. The lowest BCUT2D eigenvalue weighted by atomic mass is 10.9. The Morgan fingerprint density at radius 2 is 1.82 bits per heavy atom. The molecule has 0 saturated heterocycles. The van der Waals surface area contributed by atoms with E-state index in [1.807, 2.05) is 4.98 Å². The van der Waals surface area contributed by atoms with Crippen molar-refractivity contribution in [3.8, 4) is 0 Å². The third kappa shape index (κ3) is 1.12. The monoisotopic (exact) mass is 177 g/mol. The van der Waals surface area contributed by atoms with Gasteiger partial charge in [-0.15, -0.1) is 0 Å². The fourth-order valence-electron chi connectivity index (χ4n) is 0.530. The molecule has 0 spiro atoms. The molecule has 0 bridgehead atoms. The third-order valence-corrected chi connectivity index (χ3v) is 1.45. The summed E-state index contributed by atoms with van der Waals surface area (Å²) in [6.45, 7) is 0. The SMILES string of the molecule is Cn1c(=O)[nH]c(=O)n(Cl)c1=O. The van der Waals surface area contributed by atoms with Gasteiger partial charge in [0.25, 0.3) is 0 Å². The summed E-state index contributed by atoms with van der Waals surface area (Å²) in [7, 11) is 1.21. The number of halogens is 1. The summed E-state index contributed by atoms with van der Waals surface area (Å²) >= 11 is 5.16. The van der Waals surface area contributed by atoms with Gasteiger partial charge in [0.05, 0.1) is 0 Å². The molecule has 0 unspecified atom stereocenters. The molecular weight excluding hydrogens is 174 g/mol. The van der Waals surface area contributed by atoms with Gasteiger partial charge >= 0.3 is 17.1 Å². The molecule has 0 aliphatic carbocycles. The Morgan fingerprint density at radius 3 is 2.36 bits per heavy atom. The number of aromatic nitrogens is 3. The zero-order valence-corrected chi connectivity index (χ0v) is 6.25. The standard InChI is InChI=1S/C4H4ClN3O3/c1-7-2(9)6-3(10)8(5)4(7)11/h1H3,(H,6,9,10). The van der Waals surface area contributed by atoms with Gasteiger partial charge in [0, 0.05) is 18.8 Å². The summed E-state index contributed by atoms with van der Waals surface area (Å²) in [5, 5.41) is 0. The van der Waals surface area contributed by atoms with Crippen LogP contribution in [0, 0.1) is 0 Å². The van der Waals surface area contributed by atoms with E-state index in [1.54, 1.807) is 0 Å². The molecule has 1 aromatic rings. The average molecular weight is 178 g/mol. The molecule has 0 aliphatic rings. The van der Waals surface area contributed by atoms with E-state index >= 15 is 0 Å². The third-order valence-electron chi connectivity index (χ3n) is 1.15. The van der Waals surface area contributed by atoms with Gasteiger partial charge in [0.15, 0.2) is 0 Å². The number of nitrogens with one attached hydrogen (secondary N) is 1. The van der Waals surface area contributed by atoms with Crippen molar-refractivity contribution >= 4 is 11.8 Å².